The molecule has 3 N–H and O–H groups in total. The van der Waals surface area contributed by atoms with Crippen molar-refractivity contribution in [2.75, 3.05) is 12.3 Å². The fourth-order valence-corrected chi connectivity index (χ4v) is 2.46. The van der Waals surface area contributed by atoms with Gasteiger partial charge in [0.2, 0.25) is 0 Å². The van der Waals surface area contributed by atoms with Crippen molar-refractivity contribution < 1.29 is 9.18 Å². The maximum atomic E-state index is 13.2. The number of benzene rings is 1. The zero-order chi connectivity index (χ0) is 13.0. The van der Waals surface area contributed by atoms with E-state index in [0.717, 1.165) is 0 Å². The van der Waals surface area contributed by atoms with Crippen molar-refractivity contribution in [1.29, 1.82) is 0 Å². The predicted molar refractivity (Wildman–Crippen MR) is 69.7 cm³/mol. The molecule has 0 spiro atoms. The lowest BCUT2D eigenvalue weighted by Crippen LogP contribution is -2.30. The Morgan fingerprint density at radius 2 is 2.06 bits per heavy atom. The zero-order valence-electron chi connectivity index (χ0n) is 10.4. The largest absolute Gasteiger partial charge is 0.396 e. The minimum atomic E-state index is -0.541. The number of hydrogen-bond acceptors (Lipinski definition) is 2. The summed E-state index contributed by atoms with van der Waals surface area (Å²) >= 11 is 0. The highest BCUT2D eigenvalue weighted by molar-refractivity contribution is 5.99. The summed E-state index contributed by atoms with van der Waals surface area (Å²) in [7, 11) is 0. The highest BCUT2D eigenvalue weighted by atomic mass is 19.1. The number of nitrogens with two attached hydrogens (primary N) is 1. The van der Waals surface area contributed by atoms with Crippen LogP contribution in [0.5, 0.6) is 0 Å². The van der Waals surface area contributed by atoms with Gasteiger partial charge in [-0.25, -0.2) is 4.39 Å². The average molecular weight is 250 g/mol. The SMILES string of the molecule is Nc1c(F)cccc1C(=O)NCC1CCCCC1. The van der Waals surface area contributed by atoms with Crippen molar-refractivity contribution in [3.63, 3.8) is 0 Å². The Morgan fingerprint density at radius 3 is 2.78 bits per heavy atom. The van der Waals surface area contributed by atoms with E-state index in [0.29, 0.717) is 12.5 Å². The van der Waals surface area contributed by atoms with E-state index in [1.54, 1.807) is 6.07 Å². The first-order chi connectivity index (χ1) is 8.68. The highest BCUT2D eigenvalue weighted by Gasteiger charge is 2.16. The van der Waals surface area contributed by atoms with Gasteiger partial charge in [0, 0.05) is 6.54 Å². The van der Waals surface area contributed by atoms with Gasteiger partial charge in [-0.15, -0.1) is 0 Å². The minimum Gasteiger partial charge on any atom is -0.396 e. The van der Waals surface area contributed by atoms with Crippen molar-refractivity contribution in [2.24, 2.45) is 5.92 Å². The van der Waals surface area contributed by atoms with Gasteiger partial charge in [0.1, 0.15) is 5.82 Å². The molecule has 0 bridgehead atoms. The second-order valence-electron chi connectivity index (χ2n) is 4.92. The molecule has 0 aromatic heterocycles. The third-order valence-corrected chi connectivity index (χ3v) is 3.57. The molecule has 98 valence electrons. The molecular weight excluding hydrogens is 231 g/mol. The fourth-order valence-electron chi connectivity index (χ4n) is 2.46. The van der Waals surface area contributed by atoms with E-state index in [4.69, 9.17) is 5.73 Å². The molecule has 0 saturated heterocycles. The first-order valence-corrected chi connectivity index (χ1v) is 6.50. The Labute approximate surface area is 107 Å². The van der Waals surface area contributed by atoms with Gasteiger partial charge in [-0.2, -0.15) is 0 Å². The second kappa shape index (κ2) is 5.85. The van der Waals surface area contributed by atoms with Gasteiger partial charge in [-0.3, -0.25) is 4.79 Å². The van der Waals surface area contributed by atoms with Crippen molar-refractivity contribution in [2.45, 2.75) is 32.1 Å². The number of carbonyl (C=O) groups is 1. The molecule has 1 aromatic carbocycles. The molecule has 0 heterocycles. The zero-order valence-corrected chi connectivity index (χ0v) is 10.4. The summed E-state index contributed by atoms with van der Waals surface area (Å²) in [6, 6.07) is 4.31. The lowest BCUT2D eigenvalue weighted by Gasteiger charge is -2.21. The molecular formula is C14H19FN2O. The van der Waals surface area contributed by atoms with Crippen LogP contribution in [0.3, 0.4) is 0 Å². The van der Waals surface area contributed by atoms with Crippen LogP contribution in [-0.2, 0) is 0 Å². The lowest BCUT2D eigenvalue weighted by molar-refractivity contribution is 0.0944. The summed E-state index contributed by atoms with van der Waals surface area (Å²) in [5.74, 6) is -0.268. The number of rotatable bonds is 3. The molecule has 18 heavy (non-hydrogen) atoms. The molecule has 0 atom stereocenters. The van der Waals surface area contributed by atoms with Crippen molar-refractivity contribution in [3.05, 3.63) is 29.6 Å². The van der Waals surface area contributed by atoms with Crippen LogP contribution in [0.1, 0.15) is 42.5 Å². The van der Waals surface area contributed by atoms with Gasteiger partial charge in [0.25, 0.3) is 5.91 Å². The Kier molecular flexibility index (Phi) is 4.18. The van der Waals surface area contributed by atoms with Crippen LogP contribution >= 0.6 is 0 Å². The monoisotopic (exact) mass is 250 g/mol. The molecule has 2 rings (SSSR count). The number of halogens is 1. The number of amides is 1. The van der Waals surface area contributed by atoms with Crippen LogP contribution in [0.2, 0.25) is 0 Å². The summed E-state index contributed by atoms with van der Waals surface area (Å²) in [5.41, 5.74) is 5.71. The lowest BCUT2D eigenvalue weighted by atomic mass is 9.89. The average Bonchev–Trinajstić information content (AvgIpc) is 2.40. The third-order valence-electron chi connectivity index (χ3n) is 3.57. The Bertz CT molecular complexity index is 428. The van der Waals surface area contributed by atoms with Crippen molar-refractivity contribution in [3.8, 4) is 0 Å². The summed E-state index contributed by atoms with van der Waals surface area (Å²) in [6.45, 7) is 0.661. The molecule has 1 amide bonds. The molecule has 0 radical (unpaired) electrons. The highest BCUT2D eigenvalue weighted by Crippen LogP contribution is 2.23. The Hall–Kier alpha value is -1.58. The molecule has 1 aliphatic carbocycles. The second-order valence-corrected chi connectivity index (χ2v) is 4.92. The van der Waals surface area contributed by atoms with Gasteiger partial charge in [0.05, 0.1) is 11.3 Å². The van der Waals surface area contributed by atoms with E-state index < -0.39 is 5.82 Å². The van der Waals surface area contributed by atoms with E-state index in [1.165, 1.54) is 44.2 Å². The van der Waals surface area contributed by atoms with E-state index in [9.17, 15) is 9.18 Å². The van der Waals surface area contributed by atoms with Gasteiger partial charge >= 0.3 is 0 Å². The summed E-state index contributed by atoms with van der Waals surface area (Å²) < 4.78 is 13.2. The maximum absolute atomic E-state index is 13.2. The first-order valence-electron chi connectivity index (χ1n) is 6.50. The molecule has 1 aliphatic rings. The summed E-state index contributed by atoms with van der Waals surface area (Å²) in [6.07, 6.45) is 6.10. The van der Waals surface area contributed by atoms with Crippen LogP contribution < -0.4 is 11.1 Å². The standard InChI is InChI=1S/C14H19FN2O/c15-12-8-4-7-11(13(12)16)14(18)17-9-10-5-2-1-3-6-10/h4,7-8,10H,1-3,5-6,9,16H2,(H,17,18). The van der Waals surface area contributed by atoms with E-state index in [2.05, 4.69) is 5.32 Å². The predicted octanol–water partition coefficient (Wildman–Crippen LogP) is 2.72. The smallest absolute Gasteiger partial charge is 0.253 e. The minimum absolute atomic E-state index is 0.0707. The van der Waals surface area contributed by atoms with Crippen LogP contribution in [0.4, 0.5) is 10.1 Å². The van der Waals surface area contributed by atoms with E-state index in [1.807, 2.05) is 0 Å². The molecule has 0 unspecified atom stereocenters. The maximum Gasteiger partial charge on any atom is 0.253 e. The van der Waals surface area contributed by atoms with Gasteiger partial charge in [-0.1, -0.05) is 25.3 Å². The first kappa shape index (κ1) is 12.9. The number of anilines is 1. The van der Waals surface area contributed by atoms with Gasteiger partial charge in [-0.05, 0) is 30.9 Å². The Balaban J connectivity index is 1.93. The Morgan fingerprint density at radius 1 is 1.33 bits per heavy atom. The quantitative estimate of drug-likeness (QED) is 0.810. The normalized spacial score (nSPS) is 16.5. The van der Waals surface area contributed by atoms with Gasteiger partial charge in [0.15, 0.2) is 0 Å². The molecule has 1 fully saturated rings. The van der Waals surface area contributed by atoms with Crippen LogP contribution in [0.15, 0.2) is 18.2 Å². The third kappa shape index (κ3) is 3.00. The van der Waals surface area contributed by atoms with Gasteiger partial charge < -0.3 is 11.1 Å². The summed E-state index contributed by atoms with van der Waals surface area (Å²) in [4.78, 5) is 11.9. The van der Waals surface area contributed by atoms with Crippen LogP contribution in [-0.4, -0.2) is 12.5 Å². The number of nitrogens with one attached hydrogen (secondary N) is 1. The van der Waals surface area contributed by atoms with E-state index >= 15 is 0 Å². The molecule has 4 heteroatoms. The molecule has 1 saturated carbocycles. The van der Waals surface area contributed by atoms with Crippen LogP contribution in [0, 0.1) is 11.7 Å². The molecule has 3 nitrogen and oxygen atoms in total. The molecule has 0 aliphatic heterocycles. The number of carbonyl (C=O) groups excluding carboxylic acids is 1. The number of para-hydroxylation sites is 1. The van der Waals surface area contributed by atoms with E-state index in [-0.39, 0.29) is 17.2 Å². The topological polar surface area (TPSA) is 55.1 Å². The molecule has 1 aromatic rings. The van der Waals surface area contributed by atoms with Crippen molar-refractivity contribution >= 4 is 11.6 Å². The number of hydrogen-bond donors (Lipinski definition) is 2. The van der Waals surface area contributed by atoms with Crippen LogP contribution in [0.25, 0.3) is 0 Å². The summed E-state index contributed by atoms with van der Waals surface area (Å²) in [5, 5.41) is 2.85. The number of nitrogen functional groups attached to an aromatic ring is 1. The van der Waals surface area contributed by atoms with Crippen molar-refractivity contribution in [1.82, 2.24) is 5.32 Å². The fraction of sp³-hybridized carbons (Fsp3) is 0.500.